The van der Waals surface area contributed by atoms with Crippen molar-refractivity contribution >= 4 is 5.69 Å². The zero-order chi connectivity index (χ0) is 13.8. The molecule has 0 radical (unpaired) electrons. The van der Waals surface area contributed by atoms with Crippen LogP contribution in [0.25, 0.3) is 5.69 Å². The van der Waals surface area contributed by atoms with Crippen LogP contribution in [-0.4, -0.2) is 39.2 Å². The van der Waals surface area contributed by atoms with Gasteiger partial charge in [0, 0.05) is 12.2 Å². The Bertz CT molecular complexity index is 551. The second-order valence-electron chi connectivity index (χ2n) is 4.57. The Kier molecular flexibility index (Phi) is 4.19. The van der Waals surface area contributed by atoms with Gasteiger partial charge in [0.05, 0.1) is 29.8 Å². The maximum atomic E-state index is 9.40. The molecule has 1 aromatic heterocycles. The molecule has 2 aromatic rings. The third-order valence-corrected chi connectivity index (χ3v) is 2.88. The van der Waals surface area contributed by atoms with Crippen molar-refractivity contribution in [1.82, 2.24) is 9.78 Å². The molecule has 3 N–H and O–H groups in total. The summed E-state index contributed by atoms with van der Waals surface area (Å²) in [5, 5.41) is 25.8. The molecular formula is C14H19N3O2. The van der Waals surface area contributed by atoms with Gasteiger partial charge in [-0.2, -0.15) is 5.10 Å². The van der Waals surface area contributed by atoms with Crippen molar-refractivity contribution in [3.63, 3.8) is 0 Å². The topological polar surface area (TPSA) is 70.3 Å². The summed E-state index contributed by atoms with van der Waals surface area (Å²) in [6, 6.07) is 9.77. The summed E-state index contributed by atoms with van der Waals surface area (Å²) in [7, 11) is 0. The van der Waals surface area contributed by atoms with Gasteiger partial charge in [-0.3, -0.25) is 0 Å². The van der Waals surface area contributed by atoms with E-state index in [9.17, 15) is 5.11 Å². The number of nitrogens with zero attached hydrogens (tertiary/aromatic N) is 2. The van der Waals surface area contributed by atoms with Crippen molar-refractivity contribution in [3.8, 4) is 5.69 Å². The number of rotatable bonds is 5. The van der Waals surface area contributed by atoms with Crippen LogP contribution in [0.3, 0.4) is 0 Å². The predicted octanol–water partition coefficient (Wildman–Crippen LogP) is 1.25. The van der Waals surface area contributed by atoms with Crippen LogP contribution in [0.2, 0.25) is 0 Å². The lowest BCUT2D eigenvalue weighted by Gasteiger charge is -2.15. The molecule has 0 fully saturated rings. The molecule has 5 heteroatoms. The van der Waals surface area contributed by atoms with Gasteiger partial charge in [0.2, 0.25) is 0 Å². The number of nitrogens with one attached hydrogen (secondary N) is 1. The van der Waals surface area contributed by atoms with Crippen LogP contribution in [0, 0.1) is 13.8 Å². The lowest BCUT2D eigenvalue weighted by molar-refractivity contribution is 0.105. The lowest BCUT2D eigenvalue weighted by Crippen LogP contribution is -2.23. The molecule has 0 saturated heterocycles. The molecule has 5 nitrogen and oxygen atoms in total. The van der Waals surface area contributed by atoms with Gasteiger partial charge in [-0.1, -0.05) is 12.1 Å². The zero-order valence-corrected chi connectivity index (χ0v) is 11.2. The first-order chi connectivity index (χ1) is 9.11. The molecule has 0 saturated carbocycles. The molecule has 0 aliphatic rings. The summed E-state index contributed by atoms with van der Waals surface area (Å²) in [4.78, 5) is 0. The molecule has 19 heavy (non-hydrogen) atoms. The quantitative estimate of drug-likeness (QED) is 0.757. The molecule has 0 bridgehead atoms. The van der Waals surface area contributed by atoms with Gasteiger partial charge in [-0.05, 0) is 32.0 Å². The lowest BCUT2D eigenvalue weighted by atomic mass is 10.2. The first kappa shape index (κ1) is 13.6. The average molecular weight is 261 g/mol. The number of hydrogen-bond donors (Lipinski definition) is 3. The maximum absolute atomic E-state index is 9.40. The molecule has 1 aromatic carbocycles. The average Bonchev–Trinajstić information content (AvgIpc) is 2.75. The highest BCUT2D eigenvalue weighted by atomic mass is 16.3. The van der Waals surface area contributed by atoms with E-state index in [0.29, 0.717) is 6.54 Å². The van der Waals surface area contributed by atoms with E-state index in [1.165, 1.54) is 0 Å². The van der Waals surface area contributed by atoms with Crippen molar-refractivity contribution in [2.45, 2.75) is 20.0 Å². The van der Waals surface area contributed by atoms with Crippen LogP contribution >= 0.6 is 0 Å². The minimum Gasteiger partial charge on any atom is -0.394 e. The molecule has 102 valence electrons. The molecule has 1 heterocycles. The maximum Gasteiger partial charge on any atom is 0.0942 e. The van der Waals surface area contributed by atoms with Gasteiger partial charge in [0.1, 0.15) is 0 Å². The molecule has 0 amide bonds. The third-order valence-electron chi connectivity index (χ3n) is 2.88. The highest BCUT2D eigenvalue weighted by Crippen LogP contribution is 2.21. The first-order valence-corrected chi connectivity index (χ1v) is 6.27. The van der Waals surface area contributed by atoms with Crippen LogP contribution in [0.15, 0.2) is 30.3 Å². The van der Waals surface area contributed by atoms with Gasteiger partial charge in [0.25, 0.3) is 0 Å². The van der Waals surface area contributed by atoms with Gasteiger partial charge >= 0.3 is 0 Å². The van der Waals surface area contributed by atoms with Crippen LogP contribution in [0.4, 0.5) is 5.69 Å². The summed E-state index contributed by atoms with van der Waals surface area (Å²) in [6.07, 6.45) is -0.770. The number of aryl methyl sites for hydroxylation is 2. The molecule has 0 aliphatic heterocycles. The normalized spacial score (nSPS) is 12.4. The number of benzene rings is 1. The Labute approximate surface area is 112 Å². The number of anilines is 1. The summed E-state index contributed by atoms with van der Waals surface area (Å²) in [5.41, 5.74) is 3.82. The van der Waals surface area contributed by atoms with Crippen LogP contribution in [0.1, 0.15) is 11.4 Å². The van der Waals surface area contributed by atoms with Gasteiger partial charge < -0.3 is 15.5 Å². The van der Waals surface area contributed by atoms with Crippen molar-refractivity contribution < 1.29 is 10.2 Å². The fourth-order valence-electron chi connectivity index (χ4n) is 1.97. The first-order valence-electron chi connectivity index (χ1n) is 6.27. The van der Waals surface area contributed by atoms with Gasteiger partial charge in [-0.15, -0.1) is 0 Å². The largest absolute Gasteiger partial charge is 0.394 e. The number of aromatic nitrogens is 2. The summed E-state index contributed by atoms with van der Waals surface area (Å²) >= 11 is 0. The monoisotopic (exact) mass is 261 g/mol. The Balaban J connectivity index is 2.28. The second kappa shape index (κ2) is 5.86. The highest BCUT2D eigenvalue weighted by Gasteiger charge is 2.09. The number of hydrogen-bond acceptors (Lipinski definition) is 4. The molecule has 2 rings (SSSR count). The predicted molar refractivity (Wildman–Crippen MR) is 74.6 cm³/mol. The van der Waals surface area contributed by atoms with Gasteiger partial charge in [-0.25, -0.2) is 4.68 Å². The van der Waals surface area contributed by atoms with E-state index >= 15 is 0 Å². The minimum atomic E-state index is -0.770. The standard InChI is InChI=1S/C14H19N3O2/c1-10-7-11(2)17(16-10)14-6-4-3-5-13(14)15-8-12(19)9-18/h3-7,12,15,18-19H,8-9H2,1-2H3. The summed E-state index contributed by atoms with van der Waals surface area (Å²) in [5.74, 6) is 0. The van der Waals surface area contributed by atoms with Crippen LogP contribution in [0.5, 0.6) is 0 Å². The molecular weight excluding hydrogens is 242 g/mol. The Morgan fingerprint density at radius 1 is 1.32 bits per heavy atom. The smallest absolute Gasteiger partial charge is 0.0942 e. The molecule has 0 aliphatic carbocycles. The van der Waals surface area contributed by atoms with E-state index < -0.39 is 6.10 Å². The third kappa shape index (κ3) is 3.13. The second-order valence-corrected chi connectivity index (χ2v) is 4.57. The number of aliphatic hydroxyl groups excluding tert-OH is 2. The Hall–Kier alpha value is -1.85. The summed E-state index contributed by atoms with van der Waals surface area (Å²) < 4.78 is 1.86. The Morgan fingerprint density at radius 2 is 2.05 bits per heavy atom. The number of aliphatic hydroxyl groups is 2. The molecule has 1 unspecified atom stereocenters. The van der Waals surface area contributed by atoms with E-state index in [0.717, 1.165) is 22.8 Å². The van der Waals surface area contributed by atoms with Crippen molar-refractivity contribution in [3.05, 3.63) is 41.7 Å². The van der Waals surface area contributed by atoms with E-state index in [2.05, 4.69) is 10.4 Å². The zero-order valence-electron chi connectivity index (χ0n) is 11.2. The summed E-state index contributed by atoms with van der Waals surface area (Å²) in [6.45, 7) is 4.00. The fourth-order valence-corrected chi connectivity index (χ4v) is 1.97. The highest BCUT2D eigenvalue weighted by molar-refractivity contribution is 5.61. The van der Waals surface area contributed by atoms with Crippen LogP contribution in [-0.2, 0) is 0 Å². The molecule has 1 atom stereocenters. The molecule has 0 spiro atoms. The number of para-hydroxylation sites is 2. The van der Waals surface area contributed by atoms with E-state index in [4.69, 9.17) is 5.11 Å². The van der Waals surface area contributed by atoms with E-state index in [-0.39, 0.29) is 6.61 Å². The minimum absolute atomic E-state index is 0.255. The van der Waals surface area contributed by atoms with E-state index in [1.807, 2.05) is 48.9 Å². The van der Waals surface area contributed by atoms with Crippen molar-refractivity contribution in [2.75, 3.05) is 18.5 Å². The van der Waals surface area contributed by atoms with Crippen molar-refractivity contribution in [2.24, 2.45) is 0 Å². The van der Waals surface area contributed by atoms with E-state index in [1.54, 1.807) is 0 Å². The van der Waals surface area contributed by atoms with Crippen LogP contribution < -0.4 is 5.32 Å². The Morgan fingerprint density at radius 3 is 2.68 bits per heavy atom. The fraction of sp³-hybridized carbons (Fsp3) is 0.357. The van der Waals surface area contributed by atoms with Gasteiger partial charge in [0.15, 0.2) is 0 Å². The SMILES string of the molecule is Cc1cc(C)n(-c2ccccc2NCC(O)CO)n1. The van der Waals surface area contributed by atoms with Crippen molar-refractivity contribution in [1.29, 1.82) is 0 Å².